The molecule has 17 heavy (non-hydrogen) atoms. The number of hydrogen-bond donors (Lipinski definition) is 1. The molecule has 0 aliphatic heterocycles. The standard InChI is InChI=1S/C11H10BrN3O2/c1-6-10(17-7(2)14-6)11(16)15-9-4-3-8(12)5-13-9/h3-5H,1-2H3,(H,13,15,16). The first-order chi connectivity index (χ1) is 8.06. The molecule has 2 aromatic heterocycles. The van der Waals surface area contributed by atoms with Gasteiger partial charge in [0.1, 0.15) is 5.82 Å². The fraction of sp³-hybridized carbons (Fsp3) is 0.182. The highest BCUT2D eigenvalue weighted by Gasteiger charge is 2.16. The molecule has 0 fully saturated rings. The number of carbonyl (C=O) groups is 1. The van der Waals surface area contributed by atoms with Crippen LogP contribution in [0.1, 0.15) is 22.1 Å². The second kappa shape index (κ2) is 4.67. The van der Waals surface area contributed by atoms with Crippen molar-refractivity contribution in [2.45, 2.75) is 13.8 Å². The second-order valence-electron chi connectivity index (χ2n) is 3.46. The first kappa shape index (κ1) is 11.8. The van der Waals surface area contributed by atoms with E-state index >= 15 is 0 Å². The van der Waals surface area contributed by atoms with Crippen molar-refractivity contribution in [3.05, 3.63) is 40.1 Å². The summed E-state index contributed by atoms with van der Waals surface area (Å²) in [5.74, 6) is 0.799. The normalized spacial score (nSPS) is 10.3. The lowest BCUT2D eigenvalue weighted by atomic mass is 10.3. The minimum Gasteiger partial charge on any atom is -0.436 e. The van der Waals surface area contributed by atoms with Gasteiger partial charge in [-0.1, -0.05) is 0 Å². The van der Waals surface area contributed by atoms with E-state index in [-0.39, 0.29) is 11.7 Å². The molecule has 1 amide bonds. The summed E-state index contributed by atoms with van der Waals surface area (Å²) in [6.07, 6.45) is 1.61. The predicted octanol–water partition coefficient (Wildman–Crippen LogP) is 2.70. The maximum absolute atomic E-state index is 11.8. The summed E-state index contributed by atoms with van der Waals surface area (Å²) in [4.78, 5) is 19.9. The lowest BCUT2D eigenvalue weighted by Crippen LogP contribution is -2.13. The van der Waals surface area contributed by atoms with Gasteiger partial charge < -0.3 is 9.73 Å². The quantitative estimate of drug-likeness (QED) is 0.925. The summed E-state index contributed by atoms with van der Waals surface area (Å²) >= 11 is 3.27. The van der Waals surface area contributed by atoms with Crippen LogP contribution in [0.4, 0.5) is 5.82 Å². The Hall–Kier alpha value is -1.69. The molecule has 6 heteroatoms. The van der Waals surface area contributed by atoms with E-state index in [4.69, 9.17) is 4.42 Å². The van der Waals surface area contributed by atoms with Crippen LogP contribution in [-0.4, -0.2) is 15.9 Å². The van der Waals surface area contributed by atoms with Gasteiger partial charge in [0, 0.05) is 17.6 Å². The van der Waals surface area contributed by atoms with Gasteiger partial charge in [-0.2, -0.15) is 0 Å². The van der Waals surface area contributed by atoms with Crippen molar-refractivity contribution in [2.75, 3.05) is 5.32 Å². The fourth-order valence-corrected chi connectivity index (χ4v) is 1.60. The van der Waals surface area contributed by atoms with E-state index in [0.717, 1.165) is 4.47 Å². The van der Waals surface area contributed by atoms with Crippen LogP contribution in [0.15, 0.2) is 27.2 Å². The maximum atomic E-state index is 11.8. The Labute approximate surface area is 106 Å². The Morgan fingerprint density at radius 1 is 1.41 bits per heavy atom. The molecule has 0 radical (unpaired) electrons. The van der Waals surface area contributed by atoms with E-state index in [1.165, 1.54) is 0 Å². The molecule has 0 aromatic carbocycles. The van der Waals surface area contributed by atoms with Gasteiger partial charge in [-0.05, 0) is 35.0 Å². The van der Waals surface area contributed by atoms with Crippen LogP contribution in [0.3, 0.4) is 0 Å². The number of aromatic nitrogens is 2. The van der Waals surface area contributed by atoms with Crippen molar-refractivity contribution in [3.63, 3.8) is 0 Å². The minimum absolute atomic E-state index is 0.215. The van der Waals surface area contributed by atoms with Crippen molar-refractivity contribution in [3.8, 4) is 0 Å². The first-order valence-electron chi connectivity index (χ1n) is 4.93. The van der Waals surface area contributed by atoms with Gasteiger partial charge in [0.25, 0.3) is 5.91 Å². The number of carbonyl (C=O) groups excluding carboxylic acids is 1. The van der Waals surface area contributed by atoms with Gasteiger partial charge in [0.2, 0.25) is 5.76 Å². The van der Waals surface area contributed by atoms with Gasteiger partial charge in [0.05, 0.1) is 5.69 Å². The molecule has 0 saturated carbocycles. The van der Waals surface area contributed by atoms with Gasteiger partial charge in [-0.3, -0.25) is 4.79 Å². The van der Waals surface area contributed by atoms with Crippen LogP contribution in [0.25, 0.3) is 0 Å². The van der Waals surface area contributed by atoms with Gasteiger partial charge >= 0.3 is 0 Å². The average molecular weight is 296 g/mol. The zero-order valence-corrected chi connectivity index (χ0v) is 10.9. The average Bonchev–Trinajstić information content (AvgIpc) is 2.61. The van der Waals surface area contributed by atoms with E-state index in [9.17, 15) is 4.79 Å². The van der Waals surface area contributed by atoms with Crippen molar-refractivity contribution < 1.29 is 9.21 Å². The molecule has 5 nitrogen and oxygen atoms in total. The number of aryl methyl sites for hydroxylation is 2. The summed E-state index contributed by atoms with van der Waals surface area (Å²) in [6, 6.07) is 3.49. The number of amides is 1. The zero-order chi connectivity index (χ0) is 12.4. The van der Waals surface area contributed by atoms with Crippen molar-refractivity contribution >= 4 is 27.7 Å². The van der Waals surface area contributed by atoms with Crippen LogP contribution in [-0.2, 0) is 0 Å². The number of halogens is 1. The third-order valence-electron chi connectivity index (χ3n) is 2.08. The van der Waals surface area contributed by atoms with Crippen LogP contribution in [0, 0.1) is 13.8 Å². The number of pyridine rings is 1. The largest absolute Gasteiger partial charge is 0.436 e. The Kier molecular flexibility index (Phi) is 3.23. The van der Waals surface area contributed by atoms with E-state index in [0.29, 0.717) is 17.4 Å². The maximum Gasteiger partial charge on any atom is 0.294 e. The van der Waals surface area contributed by atoms with Gasteiger partial charge in [-0.15, -0.1) is 0 Å². The molecule has 0 aliphatic carbocycles. The number of rotatable bonds is 2. The SMILES string of the molecule is Cc1nc(C)c(C(=O)Nc2ccc(Br)cn2)o1. The van der Waals surface area contributed by atoms with E-state index < -0.39 is 0 Å². The number of hydrogen-bond acceptors (Lipinski definition) is 4. The Bertz CT molecular complexity index is 548. The molecule has 0 atom stereocenters. The van der Waals surface area contributed by atoms with E-state index in [1.807, 2.05) is 0 Å². The van der Waals surface area contributed by atoms with Crippen molar-refractivity contribution in [1.82, 2.24) is 9.97 Å². The Morgan fingerprint density at radius 3 is 2.71 bits per heavy atom. The summed E-state index contributed by atoms with van der Waals surface area (Å²) in [6.45, 7) is 3.42. The summed E-state index contributed by atoms with van der Waals surface area (Å²) in [5, 5.41) is 2.63. The van der Waals surface area contributed by atoms with Gasteiger partial charge in [-0.25, -0.2) is 9.97 Å². The summed E-state index contributed by atoms with van der Waals surface area (Å²) in [7, 11) is 0. The van der Waals surface area contributed by atoms with Crippen molar-refractivity contribution in [1.29, 1.82) is 0 Å². The topological polar surface area (TPSA) is 68.0 Å². The molecular weight excluding hydrogens is 286 g/mol. The molecule has 0 bridgehead atoms. The molecule has 1 N–H and O–H groups in total. The lowest BCUT2D eigenvalue weighted by Gasteiger charge is -2.02. The van der Waals surface area contributed by atoms with E-state index in [1.54, 1.807) is 32.2 Å². The fourth-order valence-electron chi connectivity index (χ4n) is 1.36. The number of nitrogens with zero attached hydrogens (tertiary/aromatic N) is 2. The third-order valence-corrected chi connectivity index (χ3v) is 2.55. The minimum atomic E-state index is -0.349. The Balaban J connectivity index is 2.17. The van der Waals surface area contributed by atoms with Crippen LogP contribution < -0.4 is 5.32 Å². The molecule has 2 aromatic rings. The van der Waals surface area contributed by atoms with Gasteiger partial charge in [0.15, 0.2) is 5.89 Å². The van der Waals surface area contributed by atoms with Crippen LogP contribution >= 0.6 is 15.9 Å². The van der Waals surface area contributed by atoms with Crippen LogP contribution in [0.2, 0.25) is 0 Å². The van der Waals surface area contributed by atoms with E-state index in [2.05, 4.69) is 31.2 Å². The first-order valence-corrected chi connectivity index (χ1v) is 5.72. The molecule has 0 unspecified atom stereocenters. The Morgan fingerprint density at radius 2 is 2.18 bits per heavy atom. The molecule has 2 rings (SSSR count). The lowest BCUT2D eigenvalue weighted by molar-refractivity contribution is 0.0994. The molecule has 88 valence electrons. The molecule has 0 saturated heterocycles. The number of anilines is 1. The smallest absolute Gasteiger partial charge is 0.294 e. The summed E-state index contributed by atoms with van der Waals surface area (Å²) < 4.78 is 6.06. The molecule has 0 aliphatic rings. The third kappa shape index (κ3) is 2.71. The highest BCUT2D eigenvalue weighted by molar-refractivity contribution is 9.10. The highest BCUT2D eigenvalue weighted by atomic mass is 79.9. The second-order valence-corrected chi connectivity index (χ2v) is 4.38. The molecule has 2 heterocycles. The number of nitrogens with one attached hydrogen (secondary N) is 1. The van der Waals surface area contributed by atoms with Crippen molar-refractivity contribution in [2.24, 2.45) is 0 Å². The highest BCUT2D eigenvalue weighted by Crippen LogP contribution is 2.14. The zero-order valence-electron chi connectivity index (χ0n) is 9.32. The molecular formula is C11H10BrN3O2. The molecule has 0 spiro atoms. The number of oxazole rings is 1. The van der Waals surface area contributed by atoms with Crippen LogP contribution in [0.5, 0.6) is 0 Å². The predicted molar refractivity (Wildman–Crippen MR) is 65.9 cm³/mol. The summed E-state index contributed by atoms with van der Waals surface area (Å²) in [5.41, 5.74) is 0.567. The monoisotopic (exact) mass is 295 g/mol.